The van der Waals surface area contributed by atoms with Crippen LogP contribution in [-0.4, -0.2) is 0 Å². The maximum atomic E-state index is 12.2. The van der Waals surface area contributed by atoms with Crippen LogP contribution in [0.15, 0.2) is 18.2 Å². The zero-order chi connectivity index (χ0) is 10.1. The van der Waals surface area contributed by atoms with Crippen LogP contribution >= 0.6 is 22.6 Å². The molecule has 0 N–H and O–H groups in total. The maximum Gasteiger partial charge on any atom is 0.416 e. The minimum absolute atomic E-state index is 0.575. The minimum Gasteiger partial charge on any atom is -0.166 e. The molecule has 0 aliphatic rings. The standard InChI is InChI=1S/C9H8F3I/c1-2-6-3-4-7(5-8(6)13)9(10,11)12/h3-5H,2H2,1H3. The summed E-state index contributed by atoms with van der Waals surface area (Å²) in [5.74, 6) is 0. The van der Waals surface area contributed by atoms with Crippen LogP contribution in [0, 0.1) is 3.57 Å². The normalized spacial score (nSPS) is 11.8. The average molecular weight is 300 g/mol. The van der Waals surface area contributed by atoms with Gasteiger partial charge >= 0.3 is 6.18 Å². The minimum atomic E-state index is -4.23. The van der Waals surface area contributed by atoms with Gasteiger partial charge in [0.15, 0.2) is 0 Å². The SMILES string of the molecule is CCc1ccc(C(F)(F)F)cc1I. The molecule has 0 fully saturated rings. The monoisotopic (exact) mass is 300 g/mol. The van der Waals surface area contributed by atoms with Crippen molar-refractivity contribution in [3.8, 4) is 0 Å². The molecule has 0 atom stereocenters. The van der Waals surface area contributed by atoms with Gasteiger partial charge in [0.05, 0.1) is 5.56 Å². The lowest BCUT2D eigenvalue weighted by Gasteiger charge is -2.08. The Morgan fingerprint density at radius 1 is 1.31 bits per heavy atom. The second-order valence-electron chi connectivity index (χ2n) is 2.66. The third-order valence-electron chi connectivity index (χ3n) is 1.76. The molecule has 0 heterocycles. The van der Waals surface area contributed by atoms with Gasteiger partial charge in [-0.05, 0) is 46.7 Å². The molecule has 0 bridgehead atoms. The van der Waals surface area contributed by atoms with E-state index < -0.39 is 11.7 Å². The van der Waals surface area contributed by atoms with Crippen LogP contribution in [0.4, 0.5) is 13.2 Å². The Labute approximate surface area is 88.3 Å². The second kappa shape index (κ2) is 3.86. The third-order valence-corrected chi connectivity index (χ3v) is 2.77. The van der Waals surface area contributed by atoms with Gasteiger partial charge in [0, 0.05) is 3.57 Å². The first-order valence-corrected chi connectivity index (χ1v) is 4.88. The van der Waals surface area contributed by atoms with Crippen LogP contribution in [0.3, 0.4) is 0 Å². The topological polar surface area (TPSA) is 0 Å². The van der Waals surface area contributed by atoms with Crippen LogP contribution in [-0.2, 0) is 12.6 Å². The van der Waals surface area contributed by atoms with Crippen LogP contribution in [0.2, 0.25) is 0 Å². The van der Waals surface area contributed by atoms with Gasteiger partial charge in [-0.15, -0.1) is 0 Å². The summed E-state index contributed by atoms with van der Waals surface area (Å²) in [4.78, 5) is 0. The number of halogens is 4. The molecule has 0 saturated carbocycles. The van der Waals surface area contributed by atoms with Crippen molar-refractivity contribution in [2.45, 2.75) is 19.5 Å². The van der Waals surface area contributed by atoms with Crippen molar-refractivity contribution in [3.63, 3.8) is 0 Å². The fourth-order valence-corrected chi connectivity index (χ4v) is 1.91. The fourth-order valence-electron chi connectivity index (χ4n) is 1.01. The van der Waals surface area contributed by atoms with E-state index in [1.807, 2.05) is 29.5 Å². The predicted octanol–water partition coefficient (Wildman–Crippen LogP) is 3.87. The summed E-state index contributed by atoms with van der Waals surface area (Å²) in [5.41, 5.74) is 0.377. The molecule has 4 heteroatoms. The quantitative estimate of drug-likeness (QED) is 0.691. The first-order chi connectivity index (χ1) is 5.95. The van der Waals surface area contributed by atoms with E-state index in [-0.39, 0.29) is 0 Å². The van der Waals surface area contributed by atoms with Crippen LogP contribution in [0.25, 0.3) is 0 Å². The molecule has 0 unspecified atom stereocenters. The number of hydrogen-bond acceptors (Lipinski definition) is 0. The van der Waals surface area contributed by atoms with E-state index in [0.29, 0.717) is 3.57 Å². The van der Waals surface area contributed by atoms with Crippen LogP contribution in [0.1, 0.15) is 18.1 Å². The third kappa shape index (κ3) is 2.59. The van der Waals surface area contributed by atoms with E-state index in [0.717, 1.165) is 18.1 Å². The molecular formula is C9H8F3I. The summed E-state index contributed by atoms with van der Waals surface area (Å²) >= 11 is 1.93. The molecule has 1 aromatic carbocycles. The summed E-state index contributed by atoms with van der Waals surface area (Å²) in [7, 11) is 0. The Morgan fingerprint density at radius 2 is 1.92 bits per heavy atom. The maximum absolute atomic E-state index is 12.2. The lowest BCUT2D eigenvalue weighted by Crippen LogP contribution is -2.05. The lowest BCUT2D eigenvalue weighted by atomic mass is 10.1. The van der Waals surface area contributed by atoms with Gasteiger partial charge in [-0.2, -0.15) is 13.2 Å². The molecular weight excluding hydrogens is 292 g/mol. The number of hydrogen-bond donors (Lipinski definition) is 0. The summed E-state index contributed by atoms with van der Waals surface area (Å²) in [6.45, 7) is 1.92. The van der Waals surface area contributed by atoms with Crippen molar-refractivity contribution in [3.05, 3.63) is 32.9 Å². The van der Waals surface area contributed by atoms with Crippen LogP contribution < -0.4 is 0 Å². The number of alkyl halides is 3. The Kier molecular flexibility index (Phi) is 3.21. The molecule has 1 aromatic rings. The van der Waals surface area contributed by atoms with Crippen LogP contribution in [0.5, 0.6) is 0 Å². The Hall–Kier alpha value is -0.260. The smallest absolute Gasteiger partial charge is 0.166 e. The molecule has 1 rings (SSSR count). The molecule has 72 valence electrons. The Bertz CT molecular complexity index is 304. The Morgan fingerprint density at radius 3 is 2.31 bits per heavy atom. The van der Waals surface area contributed by atoms with Gasteiger partial charge < -0.3 is 0 Å². The van der Waals surface area contributed by atoms with E-state index in [9.17, 15) is 13.2 Å². The molecule has 0 spiro atoms. The largest absolute Gasteiger partial charge is 0.416 e. The first-order valence-electron chi connectivity index (χ1n) is 3.80. The summed E-state index contributed by atoms with van der Waals surface area (Å²) in [6.07, 6.45) is -3.47. The van der Waals surface area contributed by atoms with Crippen molar-refractivity contribution in [2.75, 3.05) is 0 Å². The average Bonchev–Trinajstić information content (AvgIpc) is 2.02. The molecule has 0 nitrogen and oxygen atoms in total. The molecule has 0 amide bonds. The zero-order valence-corrected chi connectivity index (χ0v) is 9.11. The van der Waals surface area contributed by atoms with E-state index >= 15 is 0 Å². The van der Waals surface area contributed by atoms with Gasteiger partial charge in [0.2, 0.25) is 0 Å². The molecule has 0 aromatic heterocycles. The highest BCUT2D eigenvalue weighted by atomic mass is 127. The summed E-state index contributed by atoms with van der Waals surface area (Å²) in [5, 5.41) is 0. The Balaban J connectivity index is 3.10. The first kappa shape index (κ1) is 10.8. The molecule has 0 saturated heterocycles. The van der Waals surface area contributed by atoms with Gasteiger partial charge in [0.1, 0.15) is 0 Å². The summed E-state index contributed by atoms with van der Waals surface area (Å²) in [6, 6.07) is 3.84. The predicted molar refractivity (Wildman–Crippen MR) is 53.5 cm³/mol. The summed E-state index contributed by atoms with van der Waals surface area (Å²) < 4.78 is 37.3. The number of rotatable bonds is 1. The molecule has 0 aliphatic carbocycles. The number of aryl methyl sites for hydroxylation is 1. The van der Waals surface area contributed by atoms with Gasteiger partial charge in [-0.25, -0.2) is 0 Å². The zero-order valence-electron chi connectivity index (χ0n) is 6.95. The van der Waals surface area contributed by atoms with E-state index in [2.05, 4.69) is 0 Å². The van der Waals surface area contributed by atoms with Gasteiger partial charge in [-0.1, -0.05) is 13.0 Å². The number of benzene rings is 1. The van der Waals surface area contributed by atoms with E-state index in [1.54, 1.807) is 0 Å². The van der Waals surface area contributed by atoms with Gasteiger partial charge in [0.25, 0.3) is 0 Å². The van der Waals surface area contributed by atoms with Crippen molar-refractivity contribution >= 4 is 22.6 Å². The molecule has 0 radical (unpaired) electrons. The van der Waals surface area contributed by atoms with Crippen molar-refractivity contribution in [1.29, 1.82) is 0 Å². The van der Waals surface area contributed by atoms with E-state index in [4.69, 9.17) is 0 Å². The highest BCUT2D eigenvalue weighted by Crippen LogP contribution is 2.30. The van der Waals surface area contributed by atoms with Crippen molar-refractivity contribution in [1.82, 2.24) is 0 Å². The molecule has 13 heavy (non-hydrogen) atoms. The highest BCUT2D eigenvalue weighted by Gasteiger charge is 2.30. The lowest BCUT2D eigenvalue weighted by molar-refractivity contribution is -0.137. The van der Waals surface area contributed by atoms with Gasteiger partial charge in [-0.3, -0.25) is 0 Å². The van der Waals surface area contributed by atoms with Crippen molar-refractivity contribution < 1.29 is 13.2 Å². The van der Waals surface area contributed by atoms with E-state index in [1.165, 1.54) is 12.1 Å². The fraction of sp³-hybridized carbons (Fsp3) is 0.333. The molecule has 0 aliphatic heterocycles. The van der Waals surface area contributed by atoms with Crippen molar-refractivity contribution in [2.24, 2.45) is 0 Å². The second-order valence-corrected chi connectivity index (χ2v) is 3.82. The highest BCUT2D eigenvalue weighted by molar-refractivity contribution is 14.1.